The molecule has 0 rings (SSSR count). The van der Waals surface area contributed by atoms with Crippen molar-refractivity contribution in [2.45, 2.75) is 349 Å². The van der Waals surface area contributed by atoms with Gasteiger partial charge in [0.15, 0.2) is 12.2 Å². The number of carbonyl (C=O) groups is 4. The lowest BCUT2D eigenvalue weighted by atomic mass is 10.00. The van der Waals surface area contributed by atoms with Crippen molar-refractivity contribution in [1.29, 1.82) is 0 Å². The number of hydrogen-bond acceptors (Lipinski definition) is 15. The van der Waals surface area contributed by atoms with Gasteiger partial charge in [0.25, 0.3) is 0 Å². The highest BCUT2D eigenvalue weighted by Crippen LogP contribution is 2.45. The molecule has 0 aromatic heterocycles. The average molecular weight is 1360 g/mol. The van der Waals surface area contributed by atoms with Crippen molar-refractivity contribution in [2.24, 2.45) is 11.8 Å². The Kier molecular flexibility index (Phi) is 62.9. The van der Waals surface area contributed by atoms with E-state index in [2.05, 4.69) is 90.2 Å². The summed E-state index contributed by atoms with van der Waals surface area (Å²) in [5.74, 6) is -0.708. The molecule has 0 fully saturated rings. The van der Waals surface area contributed by atoms with Crippen LogP contribution in [0.4, 0.5) is 0 Å². The van der Waals surface area contributed by atoms with Crippen LogP contribution in [0.2, 0.25) is 0 Å². The van der Waals surface area contributed by atoms with Gasteiger partial charge < -0.3 is 33.8 Å². The van der Waals surface area contributed by atoms with Gasteiger partial charge in [0, 0.05) is 25.7 Å². The number of allylic oxidation sites excluding steroid dienone is 8. The Morgan fingerprint density at radius 3 is 0.957 bits per heavy atom. The first-order valence-corrected chi connectivity index (χ1v) is 40.2. The van der Waals surface area contributed by atoms with E-state index in [1.54, 1.807) is 0 Å². The second kappa shape index (κ2) is 65.0. The first kappa shape index (κ1) is 90.0. The minimum atomic E-state index is -4.97. The Balaban J connectivity index is 5.32. The van der Waals surface area contributed by atoms with E-state index in [-0.39, 0.29) is 25.7 Å². The molecule has 0 spiro atoms. The standard InChI is InChI=1S/C74H136O17P2/c1-7-10-12-14-16-18-20-22-24-26-28-33-37-44-50-56-71(76)84-62-69(90-74(79)59-53-47-39-35-31-30-32-36-42-48-54-66(4)5)64-88-92(80,81)86-60-68(75)61-87-93(82,83)89-65-70(63-85-72(77)57-51-45-41-40-43-49-55-67(6)9-3)91-73(78)58-52-46-38-34-29-27-25-23-21-19-17-15-13-11-8-2/h18-25,66-70,75H,7-17,26-65H2,1-6H3,(H,80,81)(H,82,83)/b20-18-,21-19-,24-22-,25-23-/t67?,68-,69-,70-/m1/s1. The third kappa shape index (κ3) is 66.1. The molecule has 6 atom stereocenters. The summed E-state index contributed by atoms with van der Waals surface area (Å²) in [6.07, 6.45) is 57.1. The van der Waals surface area contributed by atoms with E-state index in [1.807, 2.05) is 0 Å². The topological polar surface area (TPSA) is 237 Å². The van der Waals surface area contributed by atoms with Crippen LogP contribution in [0.3, 0.4) is 0 Å². The van der Waals surface area contributed by atoms with Crippen LogP contribution in [0.25, 0.3) is 0 Å². The monoisotopic (exact) mass is 1360 g/mol. The molecule has 0 bridgehead atoms. The van der Waals surface area contributed by atoms with Crippen LogP contribution in [-0.4, -0.2) is 96.7 Å². The fraction of sp³-hybridized carbons (Fsp3) is 0.838. The number of unbranched alkanes of at least 4 members (excludes halogenated alkanes) is 32. The third-order valence-electron chi connectivity index (χ3n) is 16.3. The highest BCUT2D eigenvalue weighted by molar-refractivity contribution is 7.47. The van der Waals surface area contributed by atoms with Crippen LogP contribution in [0.1, 0.15) is 330 Å². The van der Waals surface area contributed by atoms with Crippen molar-refractivity contribution < 1.29 is 80.2 Å². The zero-order chi connectivity index (χ0) is 68.6. The number of aliphatic hydroxyl groups excluding tert-OH is 1. The second-order valence-electron chi connectivity index (χ2n) is 26.0. The van der Waals surface area contributed by atoms with Gasteiger partial charge in [-0.15, -0.1) is 0 Å². The molecule has 3 unspecified atom stereocenters. The molecular formula is C74H136O17P2. The van der Waals surface area contributed by atoms with Crippen LogP contribution >= 0.6 is 15.6 Å². The molecule has 0 aliphatic rings. The number of phosphoric ester groups is 2. The third-order valence-corrected chi connectivity index (χ3v) is 18.2. The fourth-order valence-corrected chi connectivity index (χ4v) is 11.8. The smallest absolute Gasteiger partial charge is 0.462 e. The summed E-state index contributed by atoms with van der Waals surface area (Å²) in [6.45, 7) is 9.38. The van der Waals surface area contributed by atoms with Gasteiger partial charge in [-0.2, -0.15) is 0 Å². The second-order valence-corrected chi connectivity index (χ2v) is 28.9. The van der Waals surface area contributed by atoms with Gasteiger partial charge in [0.05, 0.1) is 26.4 Å². The summed E-state index contributed by atoms with van der Waals surface area (Å²) in [4.78, 5) is 72.7. The number of aliphatic hydroxyl groups is 1. The van der Waals surface area contributed by atoms with E-state index in [0.29, 0.717) is 25.7 Å². The molecule has 0 saturated carbocycles. The van der Waals surface area contributed by atoms with E-state index in [9.17, 15) is 43.2 Å². The molecule has 544 valence electrons. The first-order chi connectivity index (χ1) is 44.9. The molecular weight excluding hydrogens is 1220 g/mol. The highest BCUT2D eigenvalue weighted by Gasteiger charge is 2.30. The lowest BCUT2D eigenvalue weighted by Crippen LogP contribution is -2.30. The number of hydrogen-bond donors (Lipinski definition) is 3. The molecule has 0 aliphatic heterocycles. The zero-order valence-corrected chi connectivity index (χ0v) is 61.3. The van der Waals surface area contributed by atoms with Crippen LogP contribution < -0.4 is 0 Å². The van der Waals surface area contributed by atoms with Crippen molar-refractivity contribution in [3.05, 3.63) is 48.6 Å². The Bertz CT molecular complexity index is 1990. The van der Waals surface area contributed by atoms with Gasteiger partial charge in [-0.3, -0.25) is 37.3 Å². The normalized spacial score (nSPS) is 14.7. The SMILES string of the molecule is CCCCCC/C=C\C=C/CCCCCCCC(=O)OC[C@H](COP(=O)(O)OC[C@@H](O)COP(=O)(O)OC[C@@H](COC(=O)CCCCCCCCC(C)CC)OC(=O)CCCCCCC/C=C\C=C/CCCCCC)OC(=O)CCCCCCCCCCCCC(C)C. The lowest BCUT2D eigenvalue weighted by Gasteiger charge is -2.21. The molecule has 0 amide bonds. The lowest BCUT2D eigenvalue weighted by molar-refractivity contribution is -0.161. The summed E-state index contributed by atoms with van der Waals surface area (Å²) < 4.78 is 68.3. The molecule has 0 saturated heterocycles. The van der Waals surface area contributed by atoms with E-state index >= 15 is 0 Å². The van der Waals surface area contributed by atoms with Gasteiger partial charge in [0.2, 0.25) is 0 Å². The molecule has 3 N–H and O–H groups in total. The zero-order valence-electron chi connectivity index (χ0n) is 59.5. The molecule has 0 aromatic rings. The maximum atomic E-state index is 13.0. The Morgan fingerprint density at radius 2 is 0.634 bits per heavy atom. The maximum absolute atomic E-state index is 13.0. The Morgan fingerprint density at radius 1 is 0.355 bits per heavy atom. The number of phosphoric acid groups is 2. The number of ether oxygens (including phenoxy) is 4. The average Bonchev–Trinajstić information content (AvgIpc) is 2.85. The minimum absolute atomic E-state index is 0.0816. The Hall–Kier alpha value is -2.98. The fourth-order valence-electron chi connectivity index (χ4n) is 10.2. The van der Waals surface area contributed by atoms with Crippen molar-refractivity contribution in [2.75, 3.05) is 39.6 Å². The van der Waals surface area contributed by atoms with Crippen molar-refractivity contribution in [3.8, 4) is 0 Å². The number of carbonyl (C=O) groups excluding carboxylic acids is 4. The quantitative estimate of drug-likeness (QED) is 0.0169. The van der Waals surface area contributed by atoms with E-state index in [0.717, 1.165) is 140 Å². The van der Waals surface area contributed by atoms with E-state index in [4.69, 9.17) is 37.0 Å². The van der Waals surface area contributed by atoms with Gasteiger partial charge in [-0.05, 0) is 88.9 Å². The summed E-state index contributed by atoms with van der Waals surface area (Å²) in [5, 5.41) is 10.6. The van der Waals surface area contributed by atoms with Gasteiger partial charge in [-0.25, -0.2) is 9.13 Å². The van der Waals surface area contributed by atoms with E-state index < -0.39 is 97.5 Å². The van der Waals surface area contributed by atoms with Gasteiger partial charge in [-0.1, -0.05) is 276 Å². The summed E-state index contributed by atoms with van der Waals surface area (Å²) in [7, 11) is -9.93. The predicted octanol–water partition coefficient (Wildman–Crippen LogP) is 20.7. The number of rotatable bonds is 69. The first-order valence-electron chi connectivity index (χ1n) is 37.2. The summed E-state index contributed by atoms with van der Waals surface area (Å²) >= 11 is 0. The van der Waals surface area contributed by atoms with Crippen molar-refractivity contribution in [1.82, 2.24) is 0 Å². The van der Waals surface area contributed by atoms with Gasteiger partial charge >= 0.3 is 39.5 Å². The van der Waals surface area contributed by atoms with Crippen LogP contribution in [-0.2, 0) is 65.4 Å². The van der Waals surface area contributed by atoms with Crippen LogP contribution in [0.15, 0.2) is 48.6 Å². The summed E-state index contributed by atoms with van der Waals surface area (Å²) in [5.41, 5.74) is 0. The van der Waals surface area contributed by atoms with E-state index in [1.165, 1.54) is 109 Å². The maximum Gasteiger partial charge on any atom is 0.472 e. The van der Waals surface area contributed by atoms with Crippen LogP contribution in [0.5, 0.6) is 0 Å². The molecule has 0 radical (unpaired) electrons. The number of esters is 4. The van der Waals surface area contributed by atoms with Crippen LogP contribution in [0, 0.1) is 11.8 Å². The summed E-state index contributed by atoms with van der Waals surface area (Å²) in [6, 6.07) is 0. The molecule has 17 nitrogen and oxygen atoms in total. The van der Waals surface area contributed by atoms with Gasteiger partial charge in [0.1, 0.15) is 19.3 Å². The largest absolute Gasteiger partial charge is 0.472 e. The Labute approximate surface area is 566 Å². The highest BCUT2D eigenvalue weighted by atomic mass is 31.2. The molecule has 19 heteroatoms. The van der Waals surface area contributed by atoms with Crippen molar-refractivity contribution >= 4 is 39.5 Å². The van der Waals surface area contributed by atoms with Crippen molar-refractivity contribution in [3.63, 3.8) is 0 Å². The molecule has 0 aliphatic carbocycles. The predicted molar refractivity (Wildman–Crippen MR) is 376 cm³/mol. The molecule has 93 heavy (non-hydrogen) atoms. The molecule has 0 heterocycles. The molecule has 0 aromatic carbocycles. The minimum Gasteiger partial charge on any atom is -0.462 e.